The molecule has 6 heteroatoms. The predicted molar refractivity (Wildman–Crippen MR) is 80.2 cm³/mol. The minimum Gasteiger partial charge on any atom is -0.356 e. The number of hydrogen-bond donors (Lipinski definition) is 3. The van der Waals surface area contributed by atoms with E-state index in [2.05, 4.69) is 20.5 Å². The molecule has 1 heterocycles. The summed E-state index contributed by atoms with van der Waals surface area (Å²) in [5.74, 6) is 0.542. The Labute approximate surface area is 124 Å². The summed E-state index contributed by atoms with van der Waals surface area (Å²) in [6.07, 6.45) is 3.06. The molecule has 21 heavy (non-hydrogen) atoms. The number of aromatic nitrogens is 3. The number of amides is 1. The summed E-state index contributed by atoms with van der Waals surface area (Å²) in [6, 6.07) is 9.38. The summed E-state index contributed by atoms with van der Waals surface area (Å²) in [7, 11) is 0. The van der Waals surface area contributed by atoms with Crippen molar-refractivity contribution in [2.24, 2.45) is 11.7 Å². The summed E-state index contributed by atoms with van der Waals surface area (Å²) in [4.78, 5) is 16.1. The molecular weight excluding hydrogens is 266 g/mol. The van der Waals surface area contributed by atoms with Crippen LogP contribution in [0, 0.1) is 5.92 Å². The molecule has 2 rings (SSSR count). The van der Waals surface area contributed by atoms with Crippen molar-refractivity contribution in [1.29, 1.82) is 0 Å². The maximum Gasteiger partial charge on any atom is 0.224 e. The number of carbonyl (C=O) groups excluding carboxylic acids is 1. The maximum absolute atomic E-state index is 12.1. The predicted octanol–water partition coefficient (Wildman–Crippen LogP) is 1.19. The minimum absolute atomic E-state index is 0.0241. The van der Waals surface area contributed by atoms with Crippen molar-refractivity contribution in [2.75, 3.05) is 6.54 Å². The van der Waals surface area contributed by atoms with Crippen molar-refractivity contribution in [1.82, 2.24) is 20.5 Å². The third-order valence-corrected chi connectivity index (χ3v) is 3.49. The molecule has 1 aromatic heterocycles. The molecule has 1 aromatic carbocycles. The normalized spacial score (nSPS) is 13.6. The number of nitrogens with zero attached hydrogens (tertiary/aromatic N) is 2. The number of aromatic amines is 1. The highest BCUT2D eigenvalue weighted by atomic mass is 16.1. The fourth-order valence-electron chi connectivity index (χ4n) is 2.11. The largest absolute Gasteiger partial charge is 0.356 e. The highest BCUT2D eigenvalue weighted by molar-refractivity contribution is 5.79. The Morgan fingerprint density at radius 2 is 2.14 bits per heavy atom. The van der Waals surface area contributed by atoms with Crippen LogP contribution in [0.15, 0.2) is 36.7 Å². The summed E-state index contributed by atoms with van der Waals surface area (Å²) < 4.78 is 0. The Kier molecular flexibility index (Phi) is 5.45. The van der Waals surface area contributed by atoms with Crippen molar-refractivity contribution >= 4 is 5.91 Å². The summed E-state index contributed by atoms with van der Waals surface area (Å²) >= 11 is 0. The van der Waals surface area contributed by atoms with Crippen molar-refractivity contribution in [3.63, 3.8) is 0 Å². The van der Waals surface area contributed by atoms with Crippen LogP contribution >= 0.6 is 0 Å². The average molecular weight is 287 g/mol. The number of benzene rings is 1. The van der Waals surface area contributed by atoms with Crippen LogP contribution in [0.4, 0.5) is 0 Å². The van der Waals surface area contributed by atoms with Crippen LogP contribution in [-0.4, -0.2) is 27.6 Å². The Morgan fingerprint density at radius 1 is 1.38 bits per heavy atom. The van der Waals surface area contributed by atoms with Crippen LogP contribution < -0.4 is 11.1 Å². The van der Waals surface area contributed by atoms with E-state index < -0.39 is 0 Å². The number of rotatable bonds is 7. The first kappa shape index (κ1) is 15.2. The zero-order chi connectivity index (χ0) is 15.1. The van der Waals surface area contributed by atoms with Crippen molar-refractivity contribution in [3.8, 4) is 0 Å². The molecule has 0 radical (unpaired) electrons. The van der Waals surface area contributed by atoms with E-state index in [1.807, 2.05) is 37.3 Å². The van der Waals surface area contributed by atoms with Crippen LogP contribution in [0.5, 0.6) is 0 Å². The van der Waals surface area contributed by atoms with E-state index in [-0.39, 0.29) is 17.9 Å². The number of carbonyl (C=O) groups is 1. The molecule has 2 atom stereocenters. The van der Waals surface area contributed by atoms with Gasteiger partial charge in [-0.1, -0.05) is 37.3 Å². The molecule has 0 saturated carbocycles. The molecule has 112 valence electrons. The first-order chi connectivity index (χ1) is 10.2. The highest BCUT2D eigenvalue weighted by Crippen LogP contribution is 2.18. The van der Waals surface area contributed by atoms with Gasteiger partial charge in [0.1, 0.15) is 12.2 Å². The molecule has 0 aliphatic heterocycles. The Balaban J connectivity index is 1.74. The highest BCUT2D eigenvalue weighted by Gasteiger charge is 2.21. The third-order valence-electron chi connectivity index (χ3n) is 3.49. The third kappa shape index (κ3) is 4.39. The van der Waals surface area contributed by atoms with Gasteiger partial charge < -0.3 is 11.1 Å². The lowest BCUT2D eigenvalue weighted by atomic mass is 9.94. The van der Waals surface area contributed by atoms with E-state index in [0.717, 1.165) is 24.2 Å². The van der Waals surface area contributed by atoms with Gasteiger partial charge >= 0.3 is 0 Å². The van der Waals surface area contributed by atoms with Crippen molar-refractivity contribution in [2.45, 2.75) is 25.8 Å². The lowest BCUT2D eigenvalue weighted by Crippen LogP contribution is -2.36. The fraction of sp³-hybridized carbons (Fsp3) is 0.400. The fourth-order valence-corrected chi connectivity index (χ4v) is 2.11. The molecule has 0 aliphatic carbocycles. The molecule has 6 nitrogen and oxygen atoms in total. The van der Waals surface area contributed by atoms with Crippen molar-refractivity contribution < 1.29 is 4.79 Å². The number of nitrogens with two attached hydrogens (primary N) is 1. The second-order valence-electron chi connectivity index (χ2n) is 5.05. The zero-order valence-corrected chi connectivity index (χ0v) is 12.1. The van der Waals surface area contributed by atoms with Gasteiger partial charge in [0, 0.05) is 19.0 Å². The van der Waals surface area contributed by atoms with E-state index in [0.29, 0.717) is 6.54 Å². The molecule has 0 saturated heterocycles. The first-order valence-electron chi connectivity index (χ1n) is 7.11. The molecule has 2 unspecified atom stereocenters. The summed E-state index contributed by atoms with van der Waals surface area (Å²) in [5.41, 5.74) is 7.11. The van der Waals surface area contributed by atoms with Crippen molar-refractivity contribution in [3.05, 3.63) is 48.0 Å². The molecule has 0 bridgehead atoms. The molecule has 4 N–H and O–H groups in total. The second-order valence-corrected chi connectivity index (χ2v) is 5.05. The zero-order valence-electron chi connectivity index (χ0n) is 12.1. The second kappa shape index (κ2) is 7.54. The van der Waals surface area contributed by atoms with Gasteiger partial charge in [-0.15, -0.1) is 0 Å². The van der Waals surface area contributed by atoms with Gasteiger partial charge in [-0.05, 0) is 12.0 Å². The standard InChI is InChI=1S/C15H21N5O/c1-11(14(16)12-6-3-2-4-7-12)15(21)17-9-5-8-13-18-10-19-20-13/h2-4,6-7,10-11,14H,5,8-9,16H2,1H3,(H,17,21)(H,18,19,20). The smallest absolute Gasteiger partial charge is 0.224 e. The lowest BCUT2D eigenvalue weighted by molar-refractivity contribution is -0.125. The van der Waals surface area contributed by atoms with E-state index in [9.17, 15) is 4.79 Å². The van der Waals surface area contributed by atoms with Gasteiger partial charge in [0.15, 0.2) is 0 Å². The number of aryl methyl sites for hydroxylation is 1. The number of hydrogen-bond acceptors (Lipinski definition) is 4. The van der Waals surface area contributed by atoms with Crippen LogP contribution in [-0.2, 0) is 11.2 Å². The van der Waals surface area contributed by atoms with Crippen LogP contribution in [0.3, 0.4) is 0 Å². The number of nitrogens with one attached hydrogen (secondary N) is 2. The van der Waals surface area contributed by atoms with E-state index in [4.69, 9.17) is 5.73 Å². The quantitative estimate of drug-likeness (QED) is 0.666. The molecule has 0 aliphatic rings. The molecular formula is C15H21N5O. The molecule has 2 aromatic rings. The molecule has 0 fully saturated rings. The van der Waals surface area contributed by atoms with Gasteiger partial charge in [-0.3, -0.25) is 9.89 Å². The van der Waals surface area contributed by atoms with E-state index in [1.165, 1.54) is 6.33 Å². The van der Waals surface area contributed by atoms with Gasteiger partial charge in [0.25, 0.3) is 0 Å². The SMILES string of the molecule is CC(C(=O)NCCCc1ncn[nH]1)C(N)c1ccccc1. The first-order valence-corrected chi connectivity index (χ1v) is 7.11. The molecule has 1 amide bonds. The summed E-state index contributed by atoms with van der Waals surface area (Å²) in [6.45, 7) is 2.45. The van der Waals surface area contributed by atoms with Crippen LogP contribution in [0.2, 0.25) is 0 Å². The topological polar surface area (TPSA) is 96.7 Å². The van der Waals surface area contributed by atoms with Gasteiger partial charge in [0.05, 0.1) is 5.92 Å². The minimum atomic E-state index is -0.291. The monoisotopic (exact) mass is 287 g/mol. The summed E-state index contributed by atoms with van der Waals surface area (Å²) in [5, 5.41) is 9.49. The van der Waals surface area contributed by atoms with Gasteiger partial charge in [0.2, 0.25) is 5.91 Å². The molecule has 0 spiro atoms. The van der Waals surface area contributed by atoms with Crippen LogP contribution in [0.25, 0.3) is 0 Å². The Bertz CT molecular complexity index is 540. The maximum atomic E-state index is 12.1. The lowest BCUT2D eigenvalue weighted by Gasteiger charge is -2.19. The Hall–Kier alpha value is -2.21. The van der Waals surface area contributed by atoms with E-state index in [1.54, 1.807) is 0 Å². The average Bonchev–Trinajstić information content (AvgIpc) is 3.04. The Morgan fingerprint density at radius 3 is 2.81 bits per heavy atom. The van der Waals surface area contributed by atoms with E-state index >= 15 is 0 Å². The van der Waals surface area contributed by atoms with Crippen LogP contribution in [0.1, 0.15) is 30.8 Å². The van der Waals surface area contributed by atoms with Gasteiger partial charge in [-0.2, -0.15) is 5.10 Å². The van der Waals surface area contributed by atoms with Gasteiger partial charge in [-0.25, -0.2) is 4.98 Å². The number of H-pyrrole nitrogens is 1.